The van der Waals surface area contributed by atoms with Gasteiger partial charge < -0.3 is 5.32 Å². The number of nitrogens with one attached hydrogen (secondary N) is 1. The SMILES string of the molecule is Cc1c(Br)c(C(F)(F)F)nn1C(C)C(=O)Nc1ccc(Br)c2cccnc12. The first-order valence-corrected chi connectivity index (χ1v) is 9.35. The maximum atomic E-state index is 13.0. The van der Waals surface area contributed by atoms with E-state index in [-0.39, 0.29) is 10.2 Å². The van der Waals surface area contributed by atoms with Crippen molar-refractivity contribution in [3.63, 3.8) is 0 Å². The quantitative estimate of drug-likeness (QED) is 0.512. The van der Waals surface area contributed by atoms with Gasteiger partial charge in [-0.1, -0.05) is 22.0 Å². The van der Waals surface area contributed by atoms with Crippen molar-refractivity contribution in [3.8, 4) is 0 Å². The molecule has 0 bridgehead atoms. The average Bonchev–Trinajstić information content (AvgIpc) is 2.92. The monoisotopic (exact) mass is 504 g/mol. The predicted molar refractivity (Wildman–Crippen MR) is 102 cm³/mol. The van der Waals surface area contributed by atoms with Gasteiger partial charge in [-0.3, -0.25) is 14.5 Å². The molecular weight excluding hydrogens is 493 g/mol. The first kappa shape index (κ1) is 19.8. The van der Waals surface area contributed by atoms with Gasteiger partial charge in [0.05, 0.1) is 21.4 Å². The second-order valence-corrected chi connectivity index (χ2v) is 7.50. The van der Waals surface area contributed by atoms with Gasteiger partial charge in [-0.15, -0.1) is 0 Å². The molecule has 1 aromatic carbocycles. The standard InChI is InChI=1S/C17H13Br2F3N4O/c1-8-13(19)15(17(20,21)22)25-26(8)9(2)16(27)24-12-6-5-11(18)10-4-3-7-23-14(10)12/h3-7,9H,1-2H3,(H,24,27). The van der Waals surface area contributed by atoms with Crippen molar-refractivity contribution >= 4 is 54.4 Å². The number of pyridine rings is 1. The molecule has 0 aliphatic rings. The van der Waals surface area contributed by atoms with Crippen LogP contribution in [0.2, 0.25) is 0 Å². The number of halogens is 5. The van der Waals surface area contributed by atoms with Crippen LogP contribution >= 0.6 is 31.9 Å². The van der Waals surface area contributed by atoms with Crippen LogP contribution in [0.1, 0.15) is 24.4 Å². The highest BCUT2D eigenvalue weighted by atomic mass is 79.9. The van der Waals surface area contributed by atoms with Crippen LogP contribution in [0, 0.1) is 6.92 Å². The summed E-state index contributed by atoms with van der Waals surface area (Å²) < 4.78 is 40.8. The van der Waals surface area contributed by atoms with E-state index in [2.05, 4.69) is 47.3 Å². The molecule has 5 nitrogen and oxygen atoms in total. The fourth-order valence-electron chi connectivity index (χ4n) is 2.64. The van der Waals surface area contributed by atoms with E-state index in [4.69, 9.17) is 0 Å². The highest BCUT2D eigenvalue weighted by Crippen LogP contribution is 2.36. The zero-order valence-electron chi connectivity index (χ0n) is 14.1. The molecule has 1 N–H and O–H groups in total. The van der Waals surface area contributed by atoms with Crippen molar-refractivity contribution < 1.29 is 18.0 Å². The largest absolute Gasteiger partial charge is 0.436 e. The molecule has 142 valence electrons. The highest BCUT2D eigenvalue weighted by molar-refractivity contribution is 9.11. The number of anilines is 1. The molecule has 3 aromatic rings. The van der Waals surface area contributed by atoms with E-state index in [0.29, 0.717) is 11.2 Å². The summed E-state index contributed by atoms with van der Waals surface area (Å²) in [5, 5.41) is 7.11. The highest BCUT2D eigenvalue weighted by Gasteiger charge is 2.39. The van der Waals surface area contributed by atoms with E-state index in [0.717, 1.165) is 14.5 Å². The number of benzene rings is 1. The number of hydrogen-bond donors (Lipinski definition) is 1. The van der Waals surface area contributed by atoms with Crippen molar-refractivity contribution in [3.05, 3.63) is 50.8 Å². The Morgan fingerprint density at radius 1 is 1.26 bits per heavy atom. The molecule has 10 heteroatoms. The van der Waals surface area contributed by atoms with Crippen molar-refractivity contribution in [1.82, 2.24) is 14.8 Å². The molecular formula is C17H13Br2F3N4O. The van der Waals surface area contributed by atoms with Crippen LogP contribution in [-0.2, 0) is 11.0 Å². The number of nitrogens with zero attached hydrogens (tertiary/aromatic N) is 3. The van der Waals surface area contributed by atoms with Crippen molar-refractivity contribution in [2.24, 2.45) is 0 Å². The molecule has 0 aliphatic heterocycles. The summed E-state index contributed by atoms with van der Waals surface area (Å²) in [6.45, 7) is 2.95. The summed E-state index contributed by atoms with van der Waals surface area (Å²) in [5.41, 5.74) is 0.187. The van der Waals surface area contributed by atoms with E-state index in [9.17, 15) is 18.0 Å². The minimum absolute atomic E-state index is 0.176. The Kier molecular flexibility index (Phi) is 5.31. The molecule has 0 fully saturated rings. The molecule has 0 aliphatic carbocycles. The Morgan fingerprint density at radius 2 is 1.96 bits per heavy atom. The van der Waals surface area contributed by atoms with E-state index in [1.54, 1.807) is 24.4 Å². The van der Waals surface area contributed by atoms with E-state index in [1.165, 1.54) is 13.8 Å². The van der Waals surface area contributed by atoms with Crippen molar-refractivity contribution in [1.29, 1.82) is 0 Å². The molecule has 3 rings (SSSR count). The minimum Gasteiger partial charge on any atom is -0.322 e. The fourth-order valence-corrected chi connectivity index (χ4v) is 3.58. The Morgan fingerprint density at radius 3 is 2.59 bits per heavy atom. The second kappa shape index (κ2) is 7.23. The van der Waals surface area contributed by atoms with Gasteiger partial charge in [-0.05, 0) is 48.0 Å². The molecule has 1 atom stereocenters. The molecule has 1 unspecified atom stereocenters. The van der Waals surface area contributed by atoms with Crippen molar-refractivity contribution in [2.75, 3.05) is 5.32 Å². The lowest BCUT2D eigenvalue weighted by Gasteiger charge is -2.15. The third-order valence-corrected chi connectivity index (χ3v) is 5.71. The lowest BCUT2D eigenvalue weighted by Crippen LogP contribution is -2.25. The molecule has 0 saturated heterocycles. The minimum atomic E-state index is -4.61. The smallest absolute Gasteiger partial charge is 0.322 e. The number of rotatable bonds is 3. The van der Waals surface area contributed by atoms with Gasteiger partial charge >= 0.3 is 6.18 Å². The Hall–Kier alpha value is -1.94. The molecule has 1 amide bonds. The van der Waals surface area contributed by atoms with Crippen LogP contribution in [-0.4, -0.2) is 20.7 Å². The van der Waals surface area contributed by atoms with Gasteiger partial charge in [0.25, 0.3) is 0 Å². The lowest BCUT2D eigenvalue weighted by atomic mass is 10.2. The summed E-state index contributed by atoms with van der Waals surface area (Å²) in [4.78, 5) is 16.9. The Balaban J connectivity index is 1.93. The zero-order chi connectivity index (χ0) is 19.9. The average molecular weight is 506 g/mol. The second-order valence-electron chi connectivity index (χ2n) is 5.85. The number of amides is 1. The van der Waals surface area contributed by atoms with Gasteiger partial charge in [0.2, 0.25) is 5.91 Å². The van der Waals surface area contributed by atoms with Gasteiger partial charge in [-0.25, -0.2) is 0 Å². The third kappa shape index (κ3) is 3.73. The summed E-state index contributed by atoms with van der Waals surface area (Å²) >= 11 is 6.33. The lowest BCUT2D eigenvalue weighted by molar-refractivity contribution is -0.142. The molecule has 2 heterocycles. The summed E-state index contributed by atoms with van der Waals surface area (Å²) in [6, 6.07) is 6.10. The summed E-state index contributed by atoms with van der Waals surface area (Å²) in [5.74, 6) is -0.504. The number of carbonyl (C=O) groups is 1. The van der Waals surface area contributed by atoms with E-state index >= 15 is 0 Å². The third-order valence-electron chi connectivity index (χ3n) is 4.07. The zero-order valence-corrected chi connectivity index (χ0v) is 17.3. The van der Waals surface area contributed by atoms with Gasteiger partial charge in [0.15, 0.2) is 5.69 Å². The summed E-state index contributed by atoms with van der Waals surface area (Å²) in [7, 11) is 0. The van der Waals surface area contributed by atoms with Crippen LogP contribution in [0.15, 0.2) is 39.4 Å². The maximum absolute atomic E-state index is 13.0. The first-order chi connectivity index (χ1) is 12.6. The molecule has 27 heavy (non-hydrogen) atoms. The number of hydrogen-bond acceptors (Lipinski definition) is 3. The van der Waals surface area contributed by atoms with Crippen LogP contribution in [0.5, 0.6) is 0 Å². The van der Waals surface area contributed by atoms with Gasteiger partial charge in [-0.2, -0.15) is 18.3 Å². The predicted octanol–water partition coefficient (Wildman–Crippen LogP) is 5.48. The number of carbonyl (C=O) groups excluding carboxylic acids is 1. The molecule has 0 radical (unpaired) electrons. The van der Waals surface area contributed by atoms with Gasteiger partial charge in [0.1, 0.15) is 6.04 Å². The van der Waals surface area contributed by atoms with E-state index < -0.39 is 23.8 Å². The van der Waals surface area contributed by atoms with E-state index in [1.807, 2.05) is 6.07 Å². The molecule has 0 spiro atoms. The number of fused-ring (bicyclic) bond motifs is 1. The number of alkyl halides is 3. The Labute approximate surface area is 169 Å². The fraction of sp³-hybridized carbons (Fsp3) is 0.235. The van der Waals surface area contributed by atoms with Crippen LogP contribution in [0.3, 0.4) is 0 Å². The Bertz CT molecular complexity index is 1030. The molecule has 2 aromatic heterocycles. The van der Waals surface area contributed by atoms with Crippen molar-refractivity contribution in [2.45, 2.75) is 26.1 Å². The van der Waals surface area contributed by atoms with Gasteiger partial charge in [0, 0.05) is 16.1 Å². The molecule has 0 saturated carbocycles. The normalized spacial score (nSPS) is 13.0. The van der Waals surface area contributed by atoms with Crippen LogP contribution in [0.4, 0.5) is 18.9 Å². The van der Waals surface area contributed by atoms with Crippen LogP contribution < -0.4 is 5.32 Å². The summed E-state index contributed by atoms with van der Waals surface area (Å²) in [6.07, 6.45) is -3.02. The maximum Gasteiger partial charge on any atom is 0.436 e. The number of aromatic nitrogens is 3. The topological polar surface area (TPSA) is 59.8 Å². The first-order valence-electron chi connectivity index (χ1n) is 7.77. The van der Waals surface area contributed by atoms with Crippen LogP contribution in [0.25, 0.3) is 10.9 Å².